The predicted octanol–water partition coefficient (Wildman–Crippen LogP) is 4.05. The van der Waals surface area contributed by atoms with Crippen LogP contribution in [0.1, 0.15) is 34.5 Å². The standard InChI is InChI=1S/C24H24N4O3/c25-11-2-5-23(29)27-18-3-1-4-19(13-18)28-12-10-22-21(15-28)20(14-26-22)16-6-8-17(9-7-16)24(30)31/h1,3-4,6-10,12-14,26H,2,5,11,15,25H2,(H,27,29)(H,30,31). The summed E-state index contributed by atoms with van der Waals surface area (Å²) in [6.45, 7) is 1.14. The first-order chi connectivity index (χ1) is 15.0. The maximum Gasteiger partial charge on any atom is 0.335 e. The lowest BCUT2D eigenvalue weighted by Gasteiger charge is -2.25. The molecule has 0 saturated carbocycles. The highest BCUT2D eigenvalue weighted by Gasteiger charge is 2.19. The lowest BCUT2D eigenvalue weighted by atomic mass is 9.99. The fraction of sp³-hybridized carbons (Fsp3) is 0.167. The normalized spacial score (nSPS) is 12.5. The van der Waals surface area contributed by atoms with E-state index in [9.17, 15) is 9.59 Å². The minimum atomic E-state index is -0.938. The average molecular weight is 416 g/mol. The van der Waals surface area contributed by atoms with Gasteiger partial charge < -0.3 is 26.0 Å². The molecule has 1 amide bonds. The van der Waals surface area contributed by atoms with Crippen LogP contribution in [0.2, 0.25) is 0 Å². The highest BCUT2D eigenvalue weighted by Crippen LogP contribution is 2.33. The van der Waals surface area contributed by atoms with E-state index in [0.29, 0.717) is 25.9 Å². The van der Waals surface area contributed by atoms with Crippen LogP contribution in [0.3, 0.4) is 0 Å². The van der Waals surface area contributed by atoms with Crippen LogP contribution in [0.25, 0.3) is 17.2 Å². The van der Waals surface area contributed by atoms with E-state index in [-0.39, 0.29) is 11.5 Å². The van der Waals surface area contributed by atoms with Gasteiger partial charge in [0.1, 0.15) is 0 Å². The number of hydrogen-bond acceptors (Lipinski definition) is 4. The molecule has 0 bridgehead atoms. The van der Waals surface area contributed by atoms with Crippen LogP contribution in [-0.2, 0) is 11.3 Å². The number of carboxylic acid groups (broad SMARTS) is 1. The van der Waals surface area contributed by atoms with E-state index in [1.165, 1.54) is 0 Å². The van der Waals surface area contributed by atoms with Crippen LogP contribution in [0.4, 0.5) is 11.4 Å². The van der Waals surface area contributed by atoms with Gasteiger partial charge >= 0.3 is 5.97 Å². The van der Waals surface area contributed by atoms with E-state index in [0.717, 1.165) is 33.8 Å². The number of fused-ring (bicyclic) bond motifs is 1. The second kappa shape index (κ2) is 8.89. The smallest absolute Gasteiger partial charge is 0.335 e. The summed E-state index contributed by atoms with van der Waals surface area (Å²) in [6, 6.07) is 14.6. The van der Waals surface area contributed by atoms with Gasteiger partial charge in [-0.2, -0.15) is 0 Å². The summed E-state index contributed by atoms with van der Waals surface area (Å²) in [7, 11) is 0. The maximum atomic E-state index is 12.0. The Hall–Kier alpha value is -3.84. The number of benzene rings is 2. The molecule has 0 spiro atoms. The zero-order valence-corrected chi connectivity index (χ0v) is 17.0. The summed E-state index contributed by atoms with van der Waals surface area (Å²) in [6.07, 6.45) is 7.03. The first-order valence-electron chi connectivity index (χ1n) is 10.1. The van der Waals surface area contributed by atoms with Crippen LogP contribution in [-0.4, -0.2) is 28.5 Å². The van der Waals surface area contributed by atoms with E-state index in [2.05, 4.69) is 15.2 Å². The van der Waals surface area contributed by atoms with Crippen LogP contribution < -0.4 is 16.0 Å². The van der Waals surface area contributed by atoms with Crippen LogP contribution in [0.5, 0.6) is 0 Å². The highest BCUT2D eigenvalue weighted by atomic mass is 16.4. The number of carboxylic acids is 1. The van der Waals surface area contributed by atoms with Crippen molar-refractivity contribution in [2.24, 2.45) is 5.73 Å². The third-order valence-corrected chi connectivity index (χ3v) is 5.28. The molecule has 2 heterocycles. The Morgan fingerprint density at radius 2 is 1.97 bits per heavy atom. The van der Waals surface area contributed by atoms with Crippen LogP contribution >= 0.6 is 0 Å². The number of aromatic amines is 1. The van der Waals surface area contributed by atoms with Crippen molar-refractivity contribution in [1.82, 2.24) is 4.98 Å². The first kappa shape index (κ1) is 20.4. The third-order valence-electron chi connectivity index (χ3n) is 5.28. The Bertz CT molecular complexity index is 1130. The minimum absolute atomic E-state index is 0.0446. The molecule has 7 heteroatoms. The molecule has 4 rings (SSSR count). The number of amides is 1. The van der Waals surface area contributed by atoms with Gasteiger partial charge in [-0.3, -0.25) is 4.79 Å². The Labute approximate surface area is 180 Å². The van der Waals surface area contributed by atoms with Crippen LogP contribution in [0, 0.1) is 0 Å². The molecule has 0 unspecified atom stereocenters. The molecule has 1 aromatic heterocycles. The predicted molar refractivity (Wildman–Crippen MR) is 122 cm³/mol. The molecule has 0 atom stereocenters. The number of carbonyl (C=O) groups is 2. The number of nitrogens with zero attached hydrogens (tertiary/aromatic N) is 1. The lowest BCUT2D eigenvalue weighted by Crippen LogP contribution is -2.19. The van der Waals surface area contributed by atoms with Gasteiger partial charge in [-0.1, -0.05) is 18.2 Å². The number of aromatic nitrogens is 1. The molecular formula is C24H24N4O3. The third kappa shape index (κ3) is 4.51. The minimum Gasteiger partial charge on any atom is -0.478 e. The SMILES string of the molecule is NCCCC(=O)Nc1cccc(N2C=Cc3[nH]cc(-c4ccc(C(=O)O)cc4)c3C2)c1. The molecular weight excluding hydrogens is 392 g/mol. The van der Waals surface area contributed by atoms with Gasteiger partial charge in [0.25, 0.3) is 0 Å². The van der Waals surface area contributed by atoms with E-state index in [1.54, 1.807) is 12.1 Å². The topological polar surface area (TPSA) is 111 Å². The zero-order chi connectivity index (χ0) is 21.8. The number of H-pyrrole nitrogens is 1. The van der Waals surface area contributed by atoms with Gasteiger partial charge in [0.2, 0.25) is 5.91 Å². The number of aromatic carboxylic acids is 1. The zero-order valence-electron chi connectivity index (χ0n) is 17.0. The molecule has 0 aliphatic carbocycles. The molecule has 0 fully saturated rings. The van der Waals surface area contributed by atoms with Gasteiger partial charge in [0.05, 0.1) is 12.1 Å². The molecule has 1 aliphatic rings. The van der Waals surface area contributed by atoms with Gasteiger partial charge in [-0.25, -0.2) is 4.79 Å². The number of carbonyl (C=O) groups excluding carboxylic acids is 1. The molecule has 158 valence electrons. The van der Waals surface area contributed by atoms with Crippen LogP contribution in [0.15, 0.2) is 60.9 Å². The summed E-state index contributed by atoms with van der Waals surface area (Å²) >= 11 is 0. The summed E-state index contributed by atoms with van der Waals surface area (Å²) in [4.78, 5) is 28.6. The van der Waals surface area contributed by atoms with Crippen molar-refractivity contribution in [3.05, 3.63) is 77.7 Å². The number of nitrogens with two attached hydrogens (primary N) is 1. The molecule has 1 aliphatic heterocycles. The molecule has 7 nitrogen and oxygen atoms in total. The number of rotatable bonds is 7. The van der Waals surface area contributed by atoms with Crippen molar-refractivity contribution >= 4 is 29.3 Å². The molecule has 3 aromatic rings. The number of hydrogen-bond donors (Lipinski definition) is 4. The van der Waals surface area contributed by atoms with Crippen molar-refractivity contribution in [1.29, 1.82) is 0 Å². The van der Waals surface area contributed by atoms with Crippen molar-refractivity contribution in [2.75, 3.05) is 16.8 Å². The van der Waals surface area contributed by atoms with Crippen molar-refractivity contribution < 1.29 is 14.7 Å². The fourth-order valence-electron chi connectivity index (χ4n) is 3.65. The summed E-state index contributed by atoms with van der Waals surface area (Å²) in [5.41, 5.74) is 11.6. The van der Waals surface area contributed by atoms with Crippen molar-refractivity contribution in [3.63, 3.8) is 0 Å². The maximum absolute atomic E-state index is 12.0. The Kier molecular flexibility index (Phi) is 5.86. The number of nitrogens with one attached hydrogen (secondary N) is 2. The largest absolute Gasteiger partial charge is 0.478 e. The lowest BCUT2D eigenvalue weighted by molar-refractivity contribution is -0.116. The van der Waals surface area contributed by atoms with Gasteiger partial charge in [0.15, 0.2) is 0 Å². The van der Waals surface area contributed by atoms with E-state index >= 15 is 0 Å². The second-order valence-corrected chi connectivity index (χ2v) is 7.41. The molecule has 5 N–H and O–H groups in total. The van der Waals surface area contributed by atoms with Crippen molar-refractivity contribution in [3.8, 4) is 11.1 Å². The van der Waals surface area contributed by atoms with Crippen molar-refractivity contribution in [2.45, 2.75) is 19.4 Å². The monoisotopic (exact) mass is 416 g/mol. The summed E-state index contributed by atoms with van der Waals surface area (Å²) in [5, 5.41) is 12.0. The summed E-state index contributed by atoms with van der Waals surface area (Å²) in [5.74, 6) is -0.983. The molecule has 0 saturated heterocycles. The molecule has 0 radical (unpaired) electrons. The molecule has 31 heavy (non-hydrogen) atoms. The highest BCUT2D eigenvalue weighted by molar-refractivity contribution is 5.91. The molecule has 2 aromatic carbocycles. The van der Waals surface area contributed by atoms with E-state index < -0.39 is 5.97 Å². The quantitative estimate of drug-likeness (QED) is 0.464. The number of anilines is 2. The second-order valence-electron chi connectivity index (χ2n) is 7.41. The van der Waals surface area contributed by atoms with E-state index in [4.69, 9.17) is 10.8 Å². The Morgan fingerprint density at radius 1 is 1.16 bits per heavy atom. The van der Waals surface area contributed by atoms with Gasteiger partial charge in [-0.05, 0) is 54.9 Å². The van der Waals surface area contributed by atoms with Gasteiger partial charge in [0, 0.05) is 47.0 Å². The van der Waals surface area contributed by atoms with E-state index in [1.807, 2.05) is 54.9 Å². The van der Waals surface area contributed by atoms with Gasteiger partial charge in [-0.15, -0.1) is 0 Å². The Morgan fingerprint density at radius 3 is 2.71 bits per heavy atom. The first-order valence-corrected chi connectivity index (χ1v) is 10.1. The average Bonchev–Trinajstić information content (AvgIpc) is 3.21. The fourth-order valence-corrected chi connectivity index (χ4v) is 3.65. The summed E-state index contributed by atoms with van der Waals surface area (Å²) < 4.78 is 0. The Balaban J connectivity index is 1.54.